The molecule has 3 rings (SSSR count). The zero-order chi connectivity index (χ0) is 14.3. The van der Waals surface area contributed by atoms with E-state index in [1.807, 2.05) is 30.0 Å². The number of aliphatic hydroxyl groups excluding tert-OH is 1. The summed E-state index contributed by atoms with van der Waals surface area (Å²) in [5.41, 5.74) is 1.79. The van der Waals surface area contributed by atoms with Crippen LogP contribution >= 0.6 is 0 Å². The molecule has 20 heavy (non-hydrogen) atoms. The van der Waals surface area contributed by atoms with Crippen molar-refractivity contribution in [1.29, 1.82) is 0 Å². The first-order chi connectivity index (χ1) is 9.58. The predicted molar refractivity (Wildman–Crippen MR) is 76.1 cm³/mol. The van der Waals surface area contributed by atoms with Crippen LogP contribution in [0.15, 0.2) is 18.2 Å². The van der Waals surface area contributed by atoms with Crippen LogP contribution in [-0.2, 0) is 0 Å². The molecule has 2 heterocycles. The summed E-state index contributed by atoms with van der Waals surface area (Å²) in [6.45, 7) is 5.40. The molecule has 1 aromatic carbocycles. The number of aliphatic hydroxyl groups is 1. The molecule has 1 N–H and O–H groups in total. The number of carbonyl (C=O) groups is 1. The van der Waals surface area contributed by atoms with Gasteiger partial charge in [0, 0.05) is 24.6 Å². The van der Waals surface area contributed by atoms with Crippen molar-refractivity contribution < 1.29 is 14.6 Å². The Morgan fingerprint density at radius 3 is 2.70 bits per heavy atom. The largest absolute Gasteiger partial charge is 0.489 e. The Morgan fingerprint density at radius 1 is 1.30 bits per heavy atom. The molecule has 0 radical (unpaired) electrons. The number of piperidine rings is 1. The first-order valence-corrected chi connectivity index (χ1v) is 7.35. The Balaban J connectivity index is 1.87. The van der Waals surface area contributed by atoms with Crippen molar-refractivity contribution in [2.45, 2.75) is 44.8 Å². The minimum atomic E-state index is -0.267. The molecule has 0 aliphatic carbocycles. The Kier molecular flexibility index (Phi) is 3.42. The molecule has 0 aromatic heterocycles. The SMILES string of the molecule is CC1Oc2c(C(=O)N3CCC(O)CC3)cccc2C1C. The Bertz CT molecular complexity index is 520. The molecule has 2 atom stereocenters. The van der Waals surface area contributed by atoms with E-state index in [0.29, 0.717) is 37.4 Å². The monoisotopic (exact) mass is 275 g/mol. The van der Waals surface area contributed by atoms with E-state index in [-0.39, 0.29) is 18.1 Å². The van der Waals surface area contributed by atoms with Crippen molar-refractivity contribution in [2.24, 2.45) is 0 Å². The first-order valence-electron chi connectivity index (χ1n) is 7.35. The fourth-order valence-electron chi connectivity index (χ4n) is 2.99. The maximum atomic E-state index is 12.6. The quantitative estimate of drug-likeness (QED) is 0.854. The number of amides is 1. The van der Waals surface area contributed by atoms with Gasteiger partial charge in [-0.25, -0.2) is 0 Å². The zero-order valence-corrected chi connectivity index (χ0v) is 12.0. The summed E-state index contributed by atoms with van der Waals surface area (Å²) in [6, 6.07) is 5.82. The molecule has 2 unspecified atom stereocenters. The van der Waals surface area contributed by atoms with Crippen molar-refractivity contribution in [3.05, 3.63) is 29.3 Å². The lowest BCUT2D eigenvalue weighted by Crippen LogP contribution is -2.40. The van der Waals surface area contributed by atoms with Crippen molar-refractivity contribution in [3.8, 4) is 5.75 Å². The van der Waals surface area contributed by atoms with Gasteiger partial charge in [-0.05, 0) is 25.8 Å². The number of benzene rings is 1. The standard InChI is InChI=1S/C16H21NO3/c1-10-11(2)20-15-13(10)4-3-5-14(15)16(19)17-8-6-12(18)7-9-17/h3-5,10-12,18H,6-9H2,1-2H3. The number of para-hydroxylation sites is 1. The van der Waals surface area contributed by atoms with Gasteiger partial charge in [0.2, 0.25) is 0 Å². The van der Waals surface area contributed by atoms with Gasteiger partial charge in [0.1, 0.15) is 11.9 Å². The van der Waals surface area contributed by atoms with Gasteiger partial charge in [-0.3, -0.25) is 4.79 Å². The van der Waals surface area contributed by atoms with Crippen LogP contribution < -0.4 is 4.74 Å². The number of hydrogen-bond acceptors (Lipinski definition) is 3. The third kappa shape index (κ3) is 2.18. The maximum absolute atomic E-state index is 12.6. The molecule has 0 bridgehead atoms. The van der Waals surface area contributed by atoms with Gasteiger partial charge in [0.25, 0.3) is 5.91 Å². The topological polar surface area (TPSA) is 49.8 Å². The zero-order valence-electron chi connectivity index (χ0n) is 12.0. The van der Waals surface area contributed by atoms with Crippen molar-refractivity contribution in [3.63, 3.8) is 0 Å². The van der Waals surface area contributed by atoms with E-state index < -0.39 is 0 Å². The lowest BCUT2D eigenvalue weighted by atomic mass is 9.96. The first kappa shape index (κ1) is 13.4. The molecular weight excluding hydrogens is 254 g/mol. The van der Waals surface area contributed by atoms with Crippen molar-refractivity contribution in [2.75, 3.05) is 13.1 Å². The second-order valence-corrected chi connectivity index (χ2v) is 5.86. The maximum Gasteiger partial charge on any atom is 0.257 e. The summed E-state index contributed by atoms with van der Waals surface area (Å²) >= 11 is 0. The highest BCUT2D eigenvalue weighted by Gasteiger charge is 2.33. The number of likely N-dealkylation sites (tertiary alicyclic amines) is 1. The molecule has 2 aliphatic rings. The molecule has 108 valence electrons. The number of carbonyl (C=O) groups excluding carboxylic acids is 1. The third-order valence-electron chi connectivity index (χ3n) is 4.53. The molecule has 0 spiro atoms. The van der Waals surface area contributed by atoms with Crippen LogP contribution in [0.3, 0.4) is 0 Å². The summed E-state index contributed by atoms with van der Waals surface area (Å²) in [7, 11) is 0. The van der Waals surface area contributed by atoms with Crippen molar-refractivity contribution >= 4 is 5.91 Å². The van der Waals surface area contributed by atoms with Gasteiger partial charge >= 0.3 is 0 Å². The average Bonchev–Trinajstić information content (AvgIpc) is 2.74. The summed E-state index contributed by atoms with van der Waals surface area (Å²) in [6.07, 6.45) is 1.17. The van der Waals surface area contributed by atoms with Crippen LogP contribution in [0.2, 0.25) is 0 Å². The summed E-state index contributed by atoms with van der Waals surface area (Å²) < 4.78 is 5.89. The van der Waals surface area contributed by atoms with Crippen LogP contribution in [0.1, 0.15) is 48.5 Å². The number of fused-ring (bicyclic) bond motifs is 1. The van der Waals surface area contributed by atoms with Crippen molar-refractivity contribution in [1.82, 2.24) is 4.90 Å². The van der Waals surface area contributed by atoms with Crippen LogP contribution in [-0.4, -0.2) is 41.2 Å². The van der Waals surface area contributed by atoms with Gasteiger partial charge < -0.3 is 14.7 Å². The summed E-state index contributed by atoms with van der Waals surface area (Å²) in [5, 5.41) is 9.54. The number of ether oxygens (including phenoxy) is 1. The summed E-state index contributed by atoms with van der Waals surface area (Å²) in [4.78, 5) is 14.5. The molecule has 4 heteroatoms. The lowest BCUT2D eigenvalue weighted by Gasteiger charge is -2.30. The molecule has 2 aliphatic heterocycles. The number of rotatable bonds is 1. The minimum Gasteiger partial charge on any atom is -0.489 e. The van der Waals surface area contributed by atoms with Crippen LogP contribution in [0.25, 0.3) is 0 Å². The van der Waals surface area contributed by atoms with Gasteiger partial charge in [-0.1, -0.05) is 19.1 Å². The number of nitrogens with zero attached hydrogens (tertiary/aromatic N) is 1. The Morgan fingerprint density at radius 2 is 2.00 bits per heavy atom. The Labute approximate surface area is 119 Å². The van der Waals surface area contributed by atoms with Gasteiger partial charge in [0.15, 0.2) is 0 Å². The van der Waals surface area contributed by atoms with E-state index in [1.165, 1.54) is 0 Å². The van der Waals surface area contributed by atoms with E-state index in [1.54, 1.807) is 0 Å². The number of hydrogen-bond donors (Lipinski definition) is 1. The third-order valence-corrected chi connectivity index (χ3v) is 4.53. The van der Waals surface area contributed by atoms with Gasteiger partial charge in [-0.15, -0.1) is 0 Å². The highest BCUT2D eigenvalue weighted by Crippen LogP contribution is 2.40. The molecule has 0 saturated carbocycles. The fourth-order valence-corrected chi connectivity index (χ4v) is 2.99. The highest BCUT2D eigenvalue weighted by molar-refractivity contribution is 5.97. The Hall–Kier alpha value is -1.55. The summed E-state index contributed by atoms with van der Waals surface area (Å²) in [5.74, 6) is 1.10. The molecular formula is C16H21NO3. The normalized spacial score (nSPS) is 26.2. The molecule has 1 fully saturated rings. The second-order valence-electron chi connectivity index (χ2n) is 5.86. The van der Waals surface area contributed by atoms with Gasteiger partial charge in [0.05, 0.1) is 11.7 Å². The molecule has 1 saturated heterocycles. The van der Waals surface area contributed by atoms with E-state index >= 15 is 0 Å². The lowest BCUT2D eigenvalue weighted by molar-refractivity contribution is 0.0542. The van der Waals surface area contributed by atoms with Crippen LogP contribution in [0.5, 0.6) is 5.75 Å². The smallest absolute Gasteiger partial charge is 0.257 e. The van der Waals surface area contributed by atoms with E-state index in [4.69, 9.17) is 4.74 Å². The van der Waals surface area contributed by atoms with Gasteiger partial charge in [-0.2, -0.15) is 0 Å². The van der Waals surface area contributed by atoms with Crippen LogP contribution in [0.4, 0.5) is 0 Å². The van der Waals surface area contributed by atoms with E-state index in [9.17, 15) is 9.90 Å². The fraction of sp³-hybridized carbons (Fsp3) is 0.562. The van der Waals surface area contributed by atoms with E-state index in [0.717, 1.165) is 11.3 Å². The molecule has 4 nitrogen and oxygen atoms in total. The van der Waals surface area contributed by atoms with Crippen LogP contribution in [0, 0.1) is 0 Å². The second kappa shape index (κ2) is 5.09. The van der Waals surface area contributed by atoms with E-state index in [2.05, 4.69) is 6.92 Å². The average molecular weight is 275 g/mol. The predicted octanol–water partition coefficient (Wildman–Crippen LogP) is 2.17. The highest BCUT2D eigenvalue weighted by atomic mass is 16.5. The molecule has 1 aromatic rings. The minimum absolute atomic E-state index is 0.0232. The molecule has 1 amide bonds.